The number of carbonyl (C=O) groups is 3. The second kappa shape index (κ2) is 9.68. The van der Waals surface area contributed by atoms with Gasteiger partial charge in [0.1, 0.15) is 18.5 Å². The van der Waals surface area contributed by atoms with Crippen LogP contribution in [0.2, 0.25) is 0 Å². The van der Waals surface area contributed by atoms with E-state index in [2.05, 4.69) is 19.1 Å². The second-order valence-corrected chi connectivity index (χ2v) is 10.1. The average Bonchev–Trinajstić information content (AvgIpc) is 2.72. The van der Waals surface area contributed by atoms with Crippen LogP contribution in [0.4, 0.5) is 0 Å². The lowest BCUT2D eigenvalue weighted by atomic mass is 9.65. The number of fused-ring (bicyclic) bond motifs is 1. The molecule has 0 unspecified atom stereocenters. The fourth-order valence-corrected chi connectivity index (χ4v) is 4.99. The van der Waals surface area contributed by atoms with Crippen molar-refractivity contribution in [1.29, 1.82) is 0 Å². The van der Waals surface area contributed by atoms with Crippen LogP contribution in [-0.4, -0.2) is 41.6 Å². The van der Waals surface area contributed by atoms with Gasteiger partial charge in [-0.25, -0.2) is 0 Å². The maximum absolute atomic E-state index is 12.9. The number of cyclic esters (lactones) is 1. The van der Waals surface area contributed by atoms with E-state index in [-0.39, 0.29) is 54.2 Å². The molecule has 0 aromatic carbocycles. The average molecular weight is 433 g/mol. The molecule has 0 aromatic heterocycles. The molecule has 0 amide bonds. The van der Waals surface area contributed by atoms with Crippen molar-refractivity contribution in [2.75, 3.05) is 0 Å². The van der Waals surface area contributed by atoms with Gasteiger partial charge in [0.05, 0.1) is 17.9 Å². The number of ether oxygens (including phenoxy) is 2. The minimum Gasteiger partial charge on any atom is -0.462 e. The summed E-state index contributed by atoms with van der Waals surface area (Å²) in [5, 5.41) is 9.91. The Balaban J connectivity index is 1.80. The molecule has 0 radical (unpaired) electrons. The van der Waals surface area contributed by atoms with E-state index in [1.807, 2.05) is 26.8 Å². The summed E-state index contributed by atoms with van der Waals surface area (Å²) in [6.07, 6.45) is 9.02. The quantitative estimate of drug-likeness (QED) is 0.487. The summed E-state index contributed by atoms with van der Waals surface area (Å²) in [6.45, 7) is 7.89. The maximum Gasteiger partial charge on any atom is 0.311 e. The summed E-state index contributed by atoms with van der Waals surface area (Å²) in [7, 11) is 0. The third-order valence-electron chi connectivity index (χ3n) is 7.35. The number of esters is 2. The molecular formula is C25H36O6. The number of hydrogen-bond acceptors (Lipinski definition) is 6. The van der Waals surface area contributed by atoms with Gasteiger partial charge < -0.3 is 19.4 Å². The van der Waals surface area contributed by atoms with Crippen molar-refractivity contribution in [3.63, 3.8) is 0 Å². The molecule has 3 aliphatic rings. The Morgan fingerprint density at radius 1 is 1.32 bits per heavy atom. The second-order valence-electron chi connectivity index (χ2n) is 10.1. The lowest BCUT2D eigenvalue weighted by Crippen LogP contribution is -2.43. The van der Waals surface area contributed by atoms with Crippen LogP contribution in [0.5, 0.6) is 0 Å². The van der Waals surface area contributed by atoms with Gasteiger partial charge in [0.2, 0.25) is 0 Å². The molecular weight excluding hydrogens is 396 g/mol. The molecule has 172 valence electrons. The zero-order valence-corrected chi connectivity index (χ0v) is 19.1. The monoisotopic (exact) mass is 432 g/mol. The summed E-state index contributed by atoms with van der Waals surface area (Å²) in [4.78, 5) is 36.1. The number of carbonyl (C=O) groups excluding carboxylic acids is 3. The highest BCUT2D eigenvalue weighted by molar-refractivity contribution is 5.76. The van der Waals surface area contributed by atoms with E-state index >= 15 is 0 Å². The zero-order valence-electron chi connectivity index (χ0n) is 19.1. The molecule has 1 heterocycles. The van der Waals surface area contributed by atoms with Gasteiger partial charge in [-0.05, 0) is 56.9 Å². The molecule has 7 atom stereocenters. The number of aldehydes is 1. The van der Waals surface area contributed by atoms with E-state index in [0.29, 0.717) is 25.7 Å². The summed E-state index contributed by atoms with van der Waals surface area (Å²) in [5.74, 6) is -0.361. The Hall–Kier alpha value is -1.95. The zero-order chi connectivity index (χ0) is 22.8. The number of rotatable bonds is 7. The van der Waals surface area contributed by atoms with E-state index in [1.54, 1.807) is 0 Å². The normalized spacial score (nSPS) is 35.6. The van der Waals surface area contributed by atoms with Gasteiger partial charge in [0.15, 0.2) is 0 Å². The first-order chi connectivity index (χ1) is 14.6. The van der Waals surface area contributed by atoms with E-state index in [1.165, 1.54) is 0 Å². The summed E-state index contributed by atoms with van der Waals surface area (Å²) in [6, 6.07) is 0. The highest BCUT2D eigenvalue weighted by atomic mass is 16.6. The molecule has 1 aliphatic heterocycles. The van der Waals surface area contributed by atoms with Crippen LogP contribution in [0, 0.1) is 29.1 Å². The minimum absolute atomic E-state index is 0.0111. The first kappa shape index (κ1) is 23.7. The van der Waals surface area contributed by atoms with Crippen molar-refractivity contribution in [1.82, 2.24) is 0 Å². The van der Waals surface area contributed by atoms with Crippen molar-refractivity contribution in [2.45, 2.75) is 84.5 Å². The van der Waals surface area contributed by atoms with Crippen molar-refractivity contribution >= 4 is 18.2 Å². The predicted molar refractivity (Wildman–Crippen MR) is 116 cm³/mol. The SMILES string of the molecule is CCC(C)(C)C(=O)O[C@H]1C[C@@H](C=O)C=C2C=C[C@H](C)[C@H](CC[C@@H]3C[C@@H](O)CC(=O)O3)[C@H]21. The lowest BCUT2D eigenvalue weighted by Gasteiger charge is -2.43. The van der Waals surface area contributed by atoms with Gasteiger partial charge >= 0.3 is 11.9 Å². The predicted octanol–water partition coefficient (Wildman–Crippen LogP) is 3.76. The molecule has 6 heteroatoms. The van der Waals surface area contributed by atoms with Crippen molar-refractivity contribution < 1.29 is 29.0 Å². The van der Waals surface area contributed by atoms with Gasteiger partial charge in [0, 0.05) is 18.3 Å². The summed E-state index contributed by atoms with van der Waals surface area (Å²) >= 11 is 0. The highest BCUT2D eigenvalue weighted by Crippen LogP contribution is 2.45. The Labute approximate surface area is 185 Å². The fraction of sp³-hybridized carbons (Fsp3) is 0.720. The number of allylic oxidation sites excluding steroid dienone is 3. The molecule has 31 heavy (non-hydrogen) atoms. The van der Waals surface area contributed by atoms with E-state index in [0.717, 1.165) is 18.3 Å². The number of aliphatic hydroxyl groups is 1. The van der Waals surface area contributed by atoms with Gasteiger partial charge in [-0.15, -0.1) is 0 Å². The van der Waals surface area contributed by atoms with Gasteiger partial charge in [-0.2, -0.15) is 0 Å². The van der Waals surface area contributed by atoms with Gasteiger partial charge in [-0.3, -0.25) is 9.59 Å². The molecule has 1 saturated heterocycles. The molecule has 0 spiro atoms. The third kappa shape index (κ3) is 5.46. The number of aliphatic hydroxyl groups excluding tert-OH is 1. The minimum atomic E-state index is -0.640. The Morgan fingerprint density at radius 3 is 2.71 bits per heavy atom. The van der Waals surface area contributed by atoms with Crippen LogP contribution >= 0.6 is 0 Å². The third-order valence-corrected chi connectivity index (χ3v) is 7.35. The molecule has 6 nitrogen and oxygen atoms in total. The van der Waals surface area contributed by atoms with E-state index in [4.69, 9.17) is 9.47 Å². The van der Waals surface area contributed by atoms with Crippen LogP contribution in [0.25, 0.3) is 0 Å². The van der Waals surface area contributed by atoms with Gasteiger partial charge in [0.25, 0.3) is 0 Å². The smallest absolute Gasteiger partial charge is 0.311 e. The molecule has 3 rings (SSSR count). The Bertz CT molecular complexity index is 751. The van der Waals surface area contributed by atoms with E-state index < -0.39 is 11.5 Å². The first-order valence-electron chi connectivity index (χ1n) is 11.6. The van der Waals surface area contributed by atoms with Crippen LogP contribution in [0.15, 0.2) is 23.8 Å². The van der Waals surface area contributed by atoms with Crippen molar-refractivity contribution in [3.05, 3.63) is 23.8 Å². The van der Waals surface area contributed by atoms with Crippen molar-refractivity contribution in [2.24, 2.45) is 29.1 Å². The molecule has 1 fully saturated rings. The van der Waals surface area contributed by atoms with Crippen LogP contribution in [0.1, 0.15) is 66.2 Å². The molecule has 1 N–H and O–H groups in total. The number of hydrogen-bond donors (Lipinski definition) is 1. The summed E-state index contributed by atoms with van der Waals surface area (Å²) < 4.78 is 11.5. The lowest BCUT2D eigenvalue weighted by molar-refractivity contribution is -0.166. The summed E-state index contributed by atoms with van der Waals surface area (Å²) in [5.41, 5.74) is 0.481. The largest absolute Gasteiger partial charge is 0.462 e. The van der Waals surface area contributed by atoms with E-state index in [9.17, 15) is 19.5 Å². The van der Waals surface area contributed by atoms with Gasteiger partial charge in [-0.1, -0.05) is 32.1 Å². The van der Waals surface area contributed by atoms with Crippen LogP contribution in [-0.2, 0) is 23.9 Å². The molecule has 0 aromatic rings. The first-order valence-corrected chi connectivity index (χ1v) is 11.6. The van der Waals surface area contributed by atoms with Crippen molar-refractivity contribution in [3.8, 4) is 0 Å². The molecule has 0 bridgehead atoms. The standard InChI is InChI=1S/C25H36O6/c1-5-25(3,4)24(29)31-21-11-16(14-26)10-17-7-6-15(2)20(23(17)21)9-8-19-12-18(27)13-22(28)30-19/h6-7,10,14-16,18-21,23,27H,5,8-9,11-13H2,1-4H3/t15-,16-,18+,19+,20-,21-,23-/m0/s1. The Kier molecular flexibility index (Phi) is 7.40. The molecule has 2 aliphatic carbocycles. The topological polar surface area (TPSA) is 89.9 Å². The fourth-order valence-electron chi connectivity index (χ4n) is 4.99. The maximum atomic E-state index is 12.9. The Morgan fingerprint density at radius 2 is 2.06 bits per heavy atom. The van der Waals surface area contributed by atoms with Crippen LogP contribution in [0.3, 0.4) is 0 Å². The highest BCUT2D eigenvalue weighted by Gasteiger charge is 2.43. The molecule has 0 saturated carbocycles. The van der Waals surface area contributed by atoms with Crippen LogP contribution < -0.4 is 0 Å².